The second-order valence-electron chi connectivity index (χ2n) is 6.69. The molecule has 0 bridgehead atoms. The normalized spacial score (nSPS) is 11.7. The highest BCUT2D eigenvalue weighted by atomic mass is 32.1. The van der Waals surface area contributed by atoms with Crippen LogP contribution in [0.3, 0.4) is 0 Å². The zero-order chi connectivity index (χ0) is 22.7. The molecule has 0 aliphatic rings. The second-order valence-corrected chi connectivity index (χ2v) is 7.70. The highest BCUT2D eigenvalue weighted by molar-refractivity contribution is 7.15. The van der Waals surface area contributed by atoms with Crippen LogP contribution in [0.25, 0.3) is 22.4 Å². The number of rotatable bonds is 8. The Morgan fingerprint density at radius 2 is 1.66 bits per heavy atom. The predicted octanol–water partition coefficient (Wildman–Crippen LogP) is 3.18. The molecule has 0 fully saturated rings. The molecule has 166 valence electrons. The SMILES string of the molecule is CCOc1ccc(/C=c2/sc3nc(-c4ccc(OC)c(OC)c4)nn3c2=O)cc1OCC. The second kappa shape index (κ2) is 9.27. The van der Waals surface area contributed by atoms with E-state index in [1.54, 1.807) is 32.4 Å². The fourth-order valence-corrected chi connectivity index (χ4v) is 4.15. The van der Waals surface area contributed by atoms with Crippen LogP contribution < -0.4 is 29.0 Å². The zero-order valence-corrected chi connectivity index (χ0v) is 19.1. The smallest absolute Gasteiger partial charge is 0.291 e. The minimum absolute atomic E-state index is 0.226. The van der Waals surface area contributed by atoms with Crippen LogP contribution in [0.15, 0.2) is 41.2 Å². The zero-order valence-electron chi connectivity index (χ0n) is 18.2. The summed E-state index contributed by atoms with van der Waals surface area (Å²) < 4.78 is 23.7. The fraction of sp³-hybridized carbons (Fsp3) is 0.261. The molecule has 0 aliphatic carbocycles. The van der Waals surface area contributed by atoms with Crippen molar-refractivity contribution in [1.29, 1.82) is 0 Å². The molecule has 9 heteroatoms. The molecule has 4 aromatic rings. The number of hydrogen-bond donors (Lipinski definition) is 0. The van der Waals surface area contributed by atoms with Crippen LogP contribution in [0.2, 0.25) is 0 Å². The number of thiazole rings is 1. The first kappa shape index (κ1) is 21.6. The fourth-order valence-electron chi connectivity index (χ4n) is 3.24. The molecule has 8 nitrogen and oxygen atoms in total. The van der Waals surface area contributed by atoms with Crippen LogP contribution in [0, 0.1) is 0 Å². The van der Waals surface area contributed by atoms with Crippen LogP contribution in [0.4, 0.5) is 0 Å². The summed E-state index contributed by atoms with van der Waals surface area (Å²) in [5.74, 6) is 2.95. The van der Waals surface area contributed by atoms with Gasteiger partial charge in [-0.25, -0.2) is 0 Å². The topological polar surface area (TPSA) is 84.2 Å². The van der Waals surface area contributed by atoms with Crippen LogP contribution in [-0.2, 0) is 0 Å². The summed E-state index contributed by atoms with van der Waals surface area (Å²) in [5.41, 5.74) is 1.34. The maximum absolute atomic E-state index is 12.9. The molecule has 2 heterocycles. The molecule has 0 amide bonds. The van der Waals surface area contributed by atoms with Gasteiger partial charge in [0.25, 0.3) is 5.56 Å². The van der Waals surface area contributed by atoms with Crippen molar-refractivity contribution in [3.63, 3.8) is 0 Å². The van der Waals surface area contributed by atoms with Gasteiger partial charge in [0.2, 0.25) is 4.96 Å². The third-order valence-electron chi connectivity index (χ3n) is 4.69. The minimum atomic E-state index is -0.226. The van der Waals surface area contributed by atoms with Crippen molar-refractivity contribution in [2.75, 3.05) is 27.4 Å². The van der Waals surface area contributed by atoms with Crippen LogP contribution in [0.1, 0.15) is 19.4 Å². The van der Waals surface area contributed by atoms with Crippen molar-refractivity contribution in [2.24, 2.45) is 0 Å². The summed E-state index contributed by atoms with van der Waals surface area (Å²) in [7, 11) is 3.14. The molecule has 2 aromatic heterocycles. The highest BCUT2D eigenvalue weighted by Gasteiger charge is 2.14. The summed E-state index contributed by atoms with van der Waals surface area (Å²) in [4.78, 5) is 18.0. The lowest BCUT2D eigenvalue weighted by Gasteiger charge is -2.11. The standard InChI is InChI=1S/C23H23N3O5S/c1-5-30-17-9-7-14(11-19(17)31-6-2)12-20-22(27)26-23(32-20)24-21(25-26)15-8-10-16(28-3)18(13-15)29-4/h7-13H,5-6H2,1-4H3/b20-12+. The van der Waals surface area contributed by atoms with Gasteiger partial charge in [-0.2, -0.15) is 9.50 Å². The first-order valence-electron chi connectivity index (χ1n) is 10.1. The largest absolute Gasteiger partial charge is 0.493 e. The van der Waals surface area contributed by atoms with Gasteiger partial charge in [-0.05, 0) is 55.8 Å². The lowest BCUT2D eigenvalue weighted by atomic mass is 10.2. The van der Waals surface area contributed by atoms with Crippen molar-refractivity contribution in [1.82, 2.24) is 14.6 Å². The monoisotopic (exact) mass is 453 g/mol. The Morgan fingerprint density at radius 1 is 0.938 bits per heavy atom. The summed E-state index contributed by atoms with van der Waals surface area (Å²) >= 11 is 1.28. The number of methoxy groups -OCH3 is 2. The predicted molar refractivity (Wildman–Crippen MR) is 123 cm³/mol. The Bertz CT molecular complexity index is 1360. The molecular weight excluding hydrogens is 430 g/mol. The molecule has 0 unspecified atom stereocenters. The van der Waals surface area contributed by atoms with Crippen LogP contribution in [-0.4, -0.2) is 42.0 Å². The van der Waals surface area contributed by atoms with Gasteiger partial charge in [0, 0.05) is 5.56 Å². The van der Waals surface area contributed by atoms with Gasteiger partial charge >= 0.3 is 0 Å². The van der Waals surface area contributed by atoms with Gasteiger partial charge in [-0.1, -0.05) is 17.4 Å². The number of aromatic nitrogens is 3. The number of nitrogens with zero attached hydrogens (tertiary/aromatic N) is 3. The number of ether oxygens (including phenoxy) is 4. The quantitative estimate of drug-likeness (QED) is 0.405. The van der Waals surface area contributed by atoms with E-state index < -0.39 is 0 Å². The molecule has 0 saturated heterocycles. The summed E-state index contributed by atoms with van der Waals surface area (Å²) in [5, 5.41) is 4.40. The number of fused-ring (bicyclic) bond motifs is 1. The Morgan fingerprint density at radius 3 is 2.34 bits per heavy atom. The van der Waals surface area contributed by atoms with Gasteiger partial charge in [-0.15, -0.1) is 5.10 Å². The number of benzene rings is 2. The Kier molecular flexibility index (Phi) is 6.27. The van der Waals surface area contributed by atoms with E-state index in [4.69, 9.17) is 18.9 Å². The highest BCUT2D eigenvalue weighted by Crippen LogP contribution is 2.31. The summed E-state index contributed by atoms with van der Waals surface area (Å²) in [6.45, 7) is 4.90. The molecule has 0 saturated carbocycles. The molecule has 0 atom stereocenters. The average Bonchev–Trinajstić information content (AvgIpc) is 3.34. The minimum Gasteiger partial charge on any atom is -0.493 e. The van der Waals surface area contributed by atoms with Crippen molar-refractivity contribution < 1.29 is 18.9 Å². The Hall–Kier alpha value is -3.59. The van der Waals surface area contributed by atoms with Crippen molar-refractivity contribution >= 4 is 22.4 Å². The van der Waals surface area contributed by atoms with Gasteiger partial charge in [-0.3, -0.25) is 4.79 Å². The lowest BCUT2D eigenvalue weighted by molar-refractivity contribution is 0.287. The summed E-state index contributed by atoms with van der Waals surface area (Å²) in [6.07, 6.45) is 1.80. The van der Waals surface area contributed by atoms with E-state index >= 15 is 0 Å². The van der Waals surface area contributed by atoms with E-state index in [9.17, 15) is 4.79 Å². The van der Waals surface area contributed by atoms with Gasteiger partial charge < -0.3 is 18.9 Å². The van der Waals surface area contributed by atoms with E-state index in [1.165, 1.54) is 15.9 Å². The Labute approximate surface area is 188 Å². The van der Waals surface area contributed by atoms with E-state index in [0.29, 0.717) is 51.5 Å². The average molecular weight is 454 g/mol. The summed E-state index contributed by atoms with van der Waals surface area (Å²) in [6, 6.07) is 11.0. The van der Waals surface area contributed by atoms with Crippen molar-refractivity contribution in [2.45, 2.75) is 13.8 Å². The van der Waals surface area contributed by atoms with Gasteiger partial charge in [0.1, 0.15) is 0 Å². The van der Waals surface area contributed by atoms with Crippen LogP contribution in [0.5, 0.6) is 23.0 Å². The molecule has 0 aliphatic heterocycles. The van der Waals surface area contributed by atoms with Crippen molar-refractivity contribution in [3.05, 3.63) is 56.8 Å². The molecule has 2 aromatic carbocycles. The third kappa shape index (κ3) is 4.11. The maximum Gasteiger partial charge on any atom is 0.291 e. The molecule has 4 rings (SSSR count). The first-order valence-corrected chi connectivity index (χ1v) is 10.9. The van der Waals surface area contributed by atoms with E-state index in [0.717, 1.165) is 11.1 Å². The third-order valence-corrected chi connectivity index (χ3v) is 5.65. The molecule has 0 N–H and O–H groups in total. The molecule has 32 heavy (non-hydrogen) atoms. The van der Waals surface area contributed by atoms with Gasteiger partial charge in [0.15, 0.2) is 28.8 Å². The molecule has 0 spiro atoms. The van der Waals surface area contributed by atoms with E-state index in [2.05, 4.69) is 10.1 Å². The van der Waals surface area contributed by atoms with Gasteiger partial charge in [0.05, 0.1) is 32.0 Å². The van der Waals surface area contributed by atoms with E-state index in [-0.39, 0.29) is 5.56 Å². The lowest BCUT2D eigenvalue weighted by Crippen LogP contribution is -2.23. The Balaban J connectivity index is 1.72. The number of hydrogen-bond acceptors (Lipinski definition) is 8. The van der Waals surface area contributed by atoms with E-state index in [1.807, 2.05) is 38.1 Å². The maximum atomic E-state index is 12.9. The first-order chi connectivity index (χ1) is 15.6. The molecular formula is C23H23N3O5S. The van der Waals surface area contributed by atoms with Crippen molar-refractivity contribution in [3.8, 4) is 34.4 Å². The molecule has 0 radical (unpaired) electrons. The van der Waals surface area contributed by atoms with Crippen LogP contribution >= 0.6 is 11.3 Å².